The van der Waals surface area contributed by atoms with Gasteiger partial charge in [0, 0.05) is 6.54 Å². The van der Waals surface area contributed by atoms with Crippen molar-refractivity contribution in [1.29, 1.82) is 0 Å². The lowest BCUT2D eigenvalue weighted by atomic mass is 10.0. The van der Waals surface area contributed by atoms with E-state index >= 15 is 0 Å². The van der Waals surface area contributed by atoms with Gasteiger partial charge in [0.1, 0.15) is 0 Å². The zero-order chi connectivity index (χ0) is 17.5. The van der Waals surface area contributed by atoms with Crippen molar-refractivity contribution < 1.29 is 9.59 Å². The number of rotatable bonds is 14. The van der Waals surface area contributed by atoms with Gasteiger partial charge in [-0.05, 0) is 19.3 Å². The van der Waals surface area contributed by atoms with E-state index < -0.39 is 0 Å². The Kier molecular flexibility index (Phi) is 13.9. The Balaban J connectivity index is 3.47. The summed E-state index contributed by atoms with van der Waals surface area (Å²) >= 11 is 0. The van der Waals surface area contributed by atoms with Gasteiger partial charge in [0.15, 0.2) is 5.78 Å². The maximum absolute atomic E-state index is 11.7. The number of nitrogens with one attached hydrogen (secondary N) is 2. The summed E-state index contributed by atoms with van der Waals surface area (Å²) < 4.78 is 0. The lowest BCUT2D eigenvalue weighted by molar-refractivity contribution is -0.119. The van der Waals surface area contributed by atoms with Gasteiger partial charge in [0.25, 0.3) is 0 Å². The van der Waals surface area contributed by atoms with Gasteiger partial charge in [-0.1, -0.05) is 78.6 Å². The van der Waals surface area contributed by atoms with Gasteiger partial charge in [0.05, 0.1) is 6.04 Å². The van der Waals surface area contributed by atoms with Crippen molar-refractivity contribution in [3.8, 4) is 0 Å². The first kappa shape index (κ1) is 21.9. The molecule has 0 unspecified atom stereocenters. The molecule has 0 aliphatic carbocycles. The van der Waals surface area contributed by atoms with E-state index in [0.717, 1.165) is 12.8 Å². The Labute approximate surface area is 143 Å². The van der Waals surface area contributed by atoms with Crippen LogP contribution in [0.1, 0.15) is 91.9 Å². The first-order valence-electron chi connectivity index (χ1n) is 9.53. The molecule has 0 saturated heterocycles. The number of hydrogen-bond donors (Lipinski definition) is 2. The van der Waals surface area contributed by atoms with Gasteiger partial charge >= 0.3 is 6.03 Å². The highest BCUT2D eigenvalue weighted by molar-refractivity contribution is 5.87. The summed E-state index contributed by atoms with van der Waals surface area (Å²) in [4.78, 5) is 23.2. The minimum atomic E-state index is -0.386. The first-order chi connectivity index (χ1) is 11.0. The van der Waals surface area contributed by atoms with Crippen LogP contribution in [0.25, 0.3) is 0 Å². The molecule has 0 fully saturated rings. The first-order valence-corrected chi connectivity index (χ1v) is 9.53. The van der Waals surface area contributed by atoms with Crippen LogP contribution in [0.15, 0.2) is 0 Å². The standard InChI is InChI=1S/C19H38N2O2/c1-5-6-7-8-9-10-11-12-13-14-15-20-19(23)21-18(16(2)3)17(4)22/h16,18H,5-15H2,1-4H3,(H2,20,21,23)/t18-/m0/s1. The molecule has 0 spiro atoms. The van der Waals surface area contributed by atoms with Gasteiger partial charge in [-0.25, -0.2) is 4.79 Å². The van der Waals surface area contributed by atoms with E-state index in [9.17, 15) is 9.59 Å². The number of carbonyl (C=O) groups is 2. The molecule has 4 nitrogen and oxygen atoms in total. The van der Waals surface area contributed by atoms with E-state index in [1.807, 2.05) is 13.8 Å². The van der Waals surface area contributed by atoms with E-state index in [1.165, 1.54) is 58.3 Å². The molecule has 0 radical (unpaired) electrons. The molecule has 0 rings (SSSR count). The maximum atomic E-state index is 11.7. The molecule has 136 valence electrons. The monoisotopic (exact) mass is 326 g/mol. The Bertz CT molecular complexity index is 316. The van der Waals surface area contributed by atoms with Gasteiger partial charge in [-0.2, -0.15) is 0 Å². The van der Waals surface area contributed by atoms with Crippen molar-refractivity contribution in [2.45, 2.75) is 97.9 Å². The van der Waals surface area contributed by atoms with Crippen LogP contribution in [0.2, 0.25) is 0 Å². The summed E-state index contributed by atoms with van der Waals surface area (Å²) in [6.07, 6.45) is 12.9. The van der Waals surface area contributed by atoms with Crippen LogP contribution in [0.5, 0.6) is 0 Å². The van der Waals surface area contributed by atoms with E-state index in [4.69, 9.17) is 0 Å². The van der Waals surface area contributed by atoms with Gasteiger partial charge in [-0.15, -0.1) is 0 Å². The third-order valence-electron chi connectivity index (χ3n) is 4.21. The van der Waals surface area contributed by atoms with Crippen LogP contribution in [0, 0.1) is 5.92 Å². The molecule has 2 N–H and O–H groups in total. The Morgan fingerprint density at radius 2 is 1.30 bits per heavy atom. The normalized spacial score (nSPS) is 12.2. The van der Waals surface area contributed by atoms with Gasteiger partial charge in [-0.3, -0.25) is 4.79 Å². The maximum Gasteiger partial charge on any atom is 0.315 e. The van der Waals surface area contributed by atoms with Crippen molar-refractivity contribution in [2.24, 2.45) is 5.92 Å². The fraction of sp³-hybridized carbons (Fsp3) is 0.895. The number of amides is 2. The van der Waals surface area contributed by atoms with Crippen LogP contribution in [-0.4, -0.2) is 24.4 Å². The third-order valence-corrected chi connectivity index (χ3v) is 4.21. The number of ketones is 1. The smallest absolute Gasteiger partial charge is 0.315 e. The minimum absolute atomic E-state index is 0.00841. The molecule has 0 heterocycles. The molecular formula is C19H38N2O2. The second kappa shape index (κ2) is 14.5. The van der Waals surface area contributed by atoms with Gasteiger partial charge in [0.2, 0.25) is 0 Å². The lowest BCUT2D eigenvalue weighted by Gasteiger charge is -2.19. The van der Waals surface area contributed by atoms with Crippen LogP contribution < -0.4 is 10.6 Å². The Morgan fingerprint density at radius 3 is 1.74 bits per heavy atom. The molecule has 0 aliphatic rings. The van der Waals surface area contributed by atoms with Crippen LogP contribution in [0.4, 0.5) is 4.79 Å². The van der Waals surface area contributed by atoms with Crippen LogP contribution in [0.3, 0.4) is 0 Å². The summed E-state index contributed by atoms with van der Waals surface area (Å²) in [5.74, 6) is 0.129. The SMILES string of the molecule is CCCCCCCCCCCCNC(=O)N[C@H](C(C)=O)C(C)C. The fourth-order valence-electron chi connectivity index (χ4n) is 2.74. The second-order valence-corrected chi connectivity index (χ2v) is 6.91. The fourth-order valence-corrected chi connectivity index (χ4v) is 2.74. The predicted molar refractivity (Wildman–Crippen MR) is 97.7 cm³/mol. The molecule has 4 heteroatoms. The summed E-state index contributed by atoms with van der Waals surface area (Å²) in [6.45, 7) is 8.33. The van der Waals surface area contributed by atoms with Crippen LogP contribution >= 0.6 is 0 Å². The highest BCUT2D eigenvalue weighted by Gasteiger charge is 2.19. The molecule has 0 bridgehead atoms. The minimum Gasteiger partial charge on any atom is -0.338 e. The number of Topliss-reactive ketones (excluding diaryl/α,β-unsaturated/α-hetero) is 1. The lowest BCUT2D eigenvalue weighted by Crippen LogP contribution is -2.48. The molecular weight excluding hydrogens is 288 g/mol. The Morgan fingerprint density at radius 1 is 0.826 bits per heavy atom. The topological polar surface area (TPSA) is 58.2 Å². The molecule has 0 aromatic heterocycles. The van der Waals surface area contributed by atoms with E-state index in [-0.39, 0.29) is 23.8 Å². The molecule has 0 aromatic rings. The molecule has 0 saturated carbocycles. The predicted octanol–water partition coefficient (Wildman–Crippen LogP) is 4.82. The number of hydrogen-bond acceptors (Lipinski definition) is 2. The number of urea groups is 1. The van der Waals surface area contributed by atoms with Crippen LogP contribution in [-0.2, 0) is 4.79 Å². The summed E-state index contributed by atoms with van der Waals surface area (Å²) in [5, 5.41) is 5.60. The van der Waals surface area contributed by atoms with Crippen molar-refractivity contribution in [3.05, 3.63) is 0 Å². The average Bonchev–Trinajstić information content (AvgIpc) is 2.49. The summed E-state index contributed by atoms with van der Waals surface area (Å²) in [5.41, 5.74) is 0. The average molecular weight is 327 g/mol. The van der Waals surface area contributed by atoms with Crippen molar-refractivity contribution in [3.63, 3.8) is 0 Å². The van der Waals surface area contributed by atoms with Gasteiger partial charge < -0.3 is 10.6 Å². The van der Waals surface area contributed by atoms with E-state index in [2.05, 4.69) is 17.6 Å². The van der Waals surface area contributed by atoms with Crippen molar-refractivity contribution in [2.75, 3.05) is 6.54 Å². The Hall–Kier alpha value is -1.06. The zero-order valence-corrected chi connectivity index (χ0v) is 15.7. The second-order valence-electron chi connectivity index (χ2n) is 6.91. The van der Waals surface area contributed by atoms with Crippen molar-refractivity contribution in [1.82, 2.24) is 10.6 Å². The highest BCUT2D eigenvalue weighted by Crippen LogP contribution is 2.10. The zero-order valence-electron chi connectivity index (χ0n) is 15.7. The summed E-state index contributed by atoms with van der Waals surface area (Å²) in [7, 11) is 0. The highest BCUT2D eigenvalue weighted by atomic mass is 16.2. The largest absolute Gasteiger partial charge is 0.338 e. The number of carbonyl (C=O) groups excluding carboxylic acids is 2. The molecule has 0 aliphatic heterocycles. The molecule has 0 aromatic carbocycles. The molecule has 23 heavy (non-hydrogen) atoms. The third kappa shape index (κ3) is 13.1. The summed E-state index contributed by atoms with van der Waals surface area (Å²) in [6, 6.07) is -0.613. The molecule has 1 atom stereocenters. The van der Waals surface area contributed by atoms with E-state index in [1.54, 1.807) is 0 Å². The quantitative estimate of drug-likeness (QED) is 0.450. The van der Waals surface area contributed by atoms with E-state index in [0.29, 0.717) is 6.54 Å². The molecule has 2 amide bonds. The number of unbranched alkanes of at least 4 members (excludes halogenated alkanes) is 9. The van der Waals surface area contributed by atoms with Crippen molar-refractivity contribution >= 4 is 11.8 Å².